The number of aliphatic hydroxyl groups is 9. The van der Waals surface area contributed by atoms with Gasteiger partial charge in [-0.3, -0.25) is 9.59 Å². The van der Waals surface area contributed by atoms with Crippen LogP contribution in [0.2, 0.25) is 0 Å². The van der Waals surface area contributed by atoms with Gasteiger partial charge in [-0.1, -0.05) is 52.7 Å². The Morgan fingerprint density at radius 1 is 0.775 bits per heavy atom. The summed E-state index contributed by atoms with van der Waals surface area (Å²) in [5.41, 5.74) is 3.87. The van der Waals surface area contributed by atoms with Crippen LogP contribution in [0.25, 0.3) is 0 Å². The van der Waals surface area contributed by atoms with Crippen molar-refractivity contribution in [3.8, 4) is 0 Å². The van der Waals surface area contributed by atoms with Crippen LogP contribution in [0.1, 0.15) is 138 Å². The highest BCUT2D eigenvalue weighted by atomic mass is 16.8. The Bertz CT molecular complexity index is 1940. The molecule has 3 heterocycles. The number of nitrogens with one attached hydrogen (secondary N) is 1. The highest BCUT2D eigenvalue weighted by Gasteiger charge is 2.70. The summed E-state index contributed by atoms with van der Waals surface area (Å²) in [6, 6.07) is -1.28. The molecule has 5 aliphatic carbocycles. The molecule has 0 radical (unpaired) electrons. The standard InChI is InChI=1S/C52H86N2O17/c1-26-41(69-43-39(62)36(59)29(56)25-66-43)38(61)40(63)44(67-26)70-42-37(60)35(54-34(58)11-9-8-10-22-53)30(24-55)68-45(42)71-46(64)52-20-18-47(2,3)23-28(52)27-12-13-31-48(4)16-15-33(57)51(7,65)32(48)14-17-50(31,6)49(27,5)19-21-52/h12,26,28-33,35-45,55-57,59-63,65H,8-11,13-25,53H2,1-7H3,(H,54,58)/t26?,28?,29-,30?,31?,32-,33+,35+,36?,37?,38?,39?,40?,41+,42?,43+,44?,45+,48?,49-,50-,51-,52+/m1/s1. The normalized spacial score (nSPS) is 50.6. The van der Waals surface area contributed by atoms with Crippen LogP contribution in [-0.2, 0) is 38.0 Å². The average molecular weight is 1010 g/mol. The van der Waals surface area contributed by atoms with Gasteiger partial charge in [0.05, 0.1) is 42.5 Å². The summed E-state index contributed by atoms with van der Waals surface area (Å²) in [5.74, 6) is -1.05. The summed E-state index contributed by atoms with van der Waals surface area (Å²) >= 11 is 0. The molecule has 12 unspecified atom stereocenters. The number of allylic oxidation sites excluding steroid dienone is 2. The van der Waals surface area contributed by atoms with Crippen LogP contribution in [0.4, 0.5) is 0 Å². The van der Waals surface area contributed by atoms with Crippen LogP contribution in [0.15, 0.2) is 11.6 Å². The largest absolute Gasteiger partial charge is 0.432 e. The van der Waals surface area contributed by atoms with Crippen molar-refractivity contribution in [2.75, 3.05) is 19.8 Å². The Balaban J connectivity index is 1.07. The summed E-state index contributed by atoms with van der Waals surface area (Å²) in [7, 11) is 0. The zero-order valence-electron chi connectivity index (χ0n) is 42.9. The van der Waals surface area contributed by atoms with Crippen molar-refractivity contribution in [3.05, 3.63) is 11.6 Å². The maximum absolute atomic E-state index is 15.5. The van der Waals surface area contributed by atoms with E-state index in [0.29, 0.717) is 51.5 Å². The summed E-state index contributed by atoms with van der Waals surface area (Å²) < 4.78 is 36.4. The molecule has 0 aromatic rings. The van der Waals surface area contributed by atoms with E-state index in [1.807, 2.05) is 0 Å². The Kier molecular flexibility index (Phi) is 16.0. The number of amides is 1. The molecule has 0 aromatic heterocycles. The second kappa shape index (κ2) is 20.6. The second-order valence-electron chi connectivity index (χ2n) is 24.6. The molecular weight excluding hydrogens is 925 g/mol. The van der Waals surface area contributed by atoms with E-state index in [1.165, 1.54) is 12.5 Å². The van der Waals surface area contributed by atoms with Gasteiger partial charge in [0.15, 0.2) is 18.7 Å². The number of hydrogen-bond donors (Lipinski definition) is 11. The van der Waals surface area contributed by atoms with E-state index in [9.17, 15) is 50.8 Å². The molecule has 19 heteroatoms. The molecule has 4 saturated carbocycles. The lowest BCUT2D eigenvalue weighted by Gasteiger charge is -2.70. The minimum Gasteiger partial charge on any atom is -0.432 e. The quantitative estimate of drug-likeness (QED) is 0.0701. The van der Waals surface area contributed by atoms with Gasteiger partial charge >= 0.3 is 5.97 Å². The molecule has 1 amide bonds. The zero-order valence-corrected chi connectivity index (χ0v) is 42.9. The van der Waals surface area contributed by atoms with E-state index < -0.39 is 122 Å². The average Bonchev–Trinajstić information content (AvgIpc) is 3.31. The molecule has 23 atom stereocenters. The van der Waals surface area contributed by atoms with E-state index >= 15 is 4.79 Å². The van der Waals surface area contributed by atoms with Crippen molar-refractivity contribution < 1.29 is 84.0 Å². The van der Waals surface area contributed by atoms with E-state index in [2.05, 4.69) is 46.0 Å². The highest BCUT2D eigenvalue weighted by Crippen LogP contribution is 2.75. The van der Waals surface area contributed by atoms with Crippen molar-refractivity contribution in [1.82, 2.24) is 5.32 Å². The number of esters is 1. The SMILES string of the molecule is CC1OC(OC2C(O)[C@@H](NC(=O)CCCCCN)C(CO)O[C@H]2OC(=O)[C@]23CCC(C)(C)CC2C2=CCC4C5(C)CC[C@H](O)[C@](C)(O)[C@@H]5CC[C@@]4(C)[C@]2(C)CC3)C(O)C(O)[C@H]1O[C@@H]1OC[C@@H](O)C(O)C1O. The van der Waals surface area contributed by atoms with Crippen molar-refractivity contribution >= 4 is 11.9 Å². The maximum Gasteiger partial charge on any atom is 0.315 e. The van der Waals surface area contributed by atoms with Crippen LogP contribution in [0.5, 0.6) is 0 Å². The Morgan fingerprint density at radius 3 is 2.17 bits per heavy atom. The molecule has 8 rings (SSSR count). The van der Waals surface area contributed by atoms with E-state index in [-0.39, 0.29) is 52.4 Å². The topological polar surface area (TPSA) is 310 Å². The van der Waals surface area contributed by atoms with Gasteiger partial charge in [0.1, 0.15) is 48.8 Å². The van der Waals surface area contributed by atoms with Gasteiger partial charge in [0, 0.05) is 6.42 Å². The first-order valence-corrected chi connectivity index (χ1v) is 26.5. The lowest BCUT2D eigenvalue weighted by atomic mass is 9.34. The van der Waals surface area contributed by atoms with Gasteiger partial charge in [-0.25, -0.2) is 0 Å². The number of aliphatic hydroxyl groups excluding tert-OH is 8. The van der Waals surface area contributed by atoms with Crippen LogP contribution in [-0.4, -0.2) is 175 Å². The predicted octanol–water partition coefficient (Wildman–Crippen LogP) is 1.18. The van der Waals surface area contributed by atoms with Gasteiger partial charge < -0.3 is 85.4 Å². The number of hydrogen-bond acceptors (Lipinski definition) is 18. The summed E-state index contributed by atoms with van der Waals surface area (Å²) in [4.78, 5) is 28.8. The van der Waals surface area contributed by atoms with Gasteiger partial charge in [0.2, 0.25) is 12.2 Å². The highest BCUT2D eigenvalue weighted by molar-refractivity contribution is 5.79. The number of carbonyl (C=O) groups excluding carboxylic acids is 2. The summed E-state index contributed by atoms with van der Waals surface area (Å²) in [5, 5.41) is 102. The lowest BCUT2D eigenvalue weighted by Crippen LogP contribution is -2.68. The first-order chi connectivity index (χ1) is 33.3. The van der Waals surface area contributed by atoms with Crippen molar-refractivity contribution in [2.24, 2.45) is 50.6 Å². The third kappa shape index (κ3) is 9.59. The molecule has 7 fully saturated rings. The molecule has 19 nitrogen and oxygen atoms in total. The zero-order chi connectivity index (χ0) is 51.8. The molecule has 3 aliphatic heterocycles. The number of carbonyl (C=O) groups is 2. The first kappa shape index (κ1) is 55.3. The molecule has 8 aliphatic rings. The number of nitrogens with two attached hydrogens (primary N) is 1. The Labute approximate surface area is 418 Å². The third-order valence-corrected chi connectivity index (χ3v) is 20.0. The van der Waals surface area contributed by atoms with E-state index in [0.717, 1.165) is 38.5 Å². The van der Waals surface area contributed by atoms with Gasteiger partial charge in [-0.15, -0.1) is 0 Å². The molecule has 0 bridgehead atoms. The third-order valence-electron chi connectivity index (χ3n) is 20.0. The van der Waals surface area contributed by atoms with Crippen molar-refractivity contribution in [3.63, 3.8) is 0 Å². The number of fused-ring (bicyclic) bond motifs is 7. The fourth-order valence-corrected chi connectivity index (χ4v) is 15.4. The molecule has 3 saturated heterocycles. The molecule has 406 valence electrons. The van der Waals surface area contributed by atoms with Crippen LogP contribution in [0.3, 0.4) is 0 Å². The minimum atomic E-state index is -1.88. The van der Waals surface area contributed by atoms with Gasteiger partial charge in [0.25, 0.3) is 0 Å². The number of unbranched alkanes of at least 4 members (excludes halogenated alkanes) is 2. The van der Waals surface area contributed by atoms with Crippen LogP contribution in [0, 0.1) is 44.8 Å². The van der Waals surface area contributed by atoms with Crippen molar-refractivity contribution in [1.29, 1.82) is 0 Å². The summed E-state index contributed by atoms with van der Waals surface area (Å²) in [6.45, 7) is 14.2. The minimum absolute atomic E-state index is 0.0583. The number of rotatable bonds is 13. The van der Waals surface area contributed by atoms with Crippen LogP contribution >= 0.6 is 0 Å². The molecular formula is C52H86N2O17. The molecule has 12 N–H and O–H groups in total. The van der Waals surface area contributed by atoms with E-state index in [1.54, 1.807) is 6.92 Å². The molecule has 0 aromatic carbocycles. The van der Waals surface area contributed by atoms with Gasteiger partial charge in [-0.2, -0.15) is 0 Å². The second-order valence-corrected chi connectivity index (χ2v) is 24.6. The Hall–Kier alpha value is -1.92. The smallest absolute Gasteiger partial charge is 0.315 e. The monoisotopic (exact) mass is 1010 g/mol. The first-order valence-electron chi connectivity index (χ1n) is 26.5. The molecule has 71 heavy (non-hydrogen) atoms. The predicted molar refractivity (Wildman–Crippen MR) is 253 cm³/mol. The van der Waals surface area contributed by atoms with Crippen LogP contribution < -0.4 is 11.1 Å². The lowest BCUT2D eigenvalue weighted by molar-refractivity contribution is -0.369. The summed E-state index contributed by atoms with van der Waals surface area (Å²) in [6.07, 6.45) is -9.78. The maximum atomic E-state index is 15.5. The van der Waals surface area contributed by atoms with Crippen molar-refractivity contribution in [2.45, 2.75) is 236 Å². The number of ether oxygens (including phenoxy) is 6. The fourth-order valence-electron chi connectivity index (χ4n) is 15.4. The van der Waals surface area contributed by atoms with Gasteiger partial charge in [-0.05, 0) is 137 Å². The molecule has 0 spiro atoms. The fraction of sp³-hybridized carbons (Fsp3) is 0.923. The Morgan fingerprint density at radius 2 is 1.46 bits per heavy atom. The van der Waals surface area contributed by atoms with E-state index in [4.69, 9.17) is 34.2 Å².